The Morgan fingerprint density at radius 3 is 2.80 bits per heavy atom. The van der Waals surface area contributed by atoms with Gasteiger partial charge < -0.3 is 10.3 Å². The molecule has 104 valence electrons. The Kier molecular flexibility index (Phi) is 3.22. The van der Waals surface area contributed by atoms with E-state index in [0.717, 1.165) is 36.4 Å². The summed E-state index contributed by atoms with van der Waals surface area (Å²) in [4.78, 5) is 0. The summed E-state index contributed by atoms with van der Waals surface area (Å²) in [5.41, 5.74) is 10.4. The van der Waals surface area contributed by atoms with Gasteiger partial charge in [-0.05, 0) is 31.5 Å². The molecule has 1 aromatic carbocycles. The van der Waals surface area contributed by atoms with Gasteiger partial charge in [0.05, 0.1) is 29.1 Å². The predicted molar refractivity (Wildman–Crippen MR) is 82.7 cm³/mol. The number of aromatic nitrogens is 3. The van der Waals surface area contributed by atoms with Crippen molar-refractivity contribution in [2.75, 3.05) is 5.73 Å². The number of nitrogens with two attached hydrogens (primary N) is 1. The lowest BCUT2D eigenvalue weighted by atomic mass is 10.2. The van der Waals surface area contributed by atoms with Gasteiger partial charge in [-0.2, -0.15) is 5.10 Å². The van der Waals surface area contributed by atoms with Crippen LogP contribution in [-0.2, 0) is 19.5 Å². The Balaban J connectivity index is 2.03. The van der Waals surface area contributed by atoms with Gasteiger partial charge in [0.1, 0.15) is 0 Å². The van der Waals surface area contributed by atoms with Gasteiger partial charge in [0.25, 0.3) is 0 Å². The van der Waals surface area contributed by atoms with Crippen molar-refractivity contribution in [3.05, 3.63) is 47.9 Å². The first-order valence-corrected chi connectivity index (χ1v) is 7.11. The maximum atomic E-state index is 6.11. The Morgan fingerprint density at radius 1 is 1.20 bits per heavy atom. The number of benzene rings is 1. The average molecular weight is 268 g/mol. The summed E-state index contributed by atoms with van der Waals surface area (Å²) < 4.78 is 4.27. The topological polar surface area (TPSA) is 48.8 Å². The van der Waals surface area contributed by atoms with Gasteiger partial charge in [-0.15, -0.1) is 0 Å². The Hall–Kier alpha value is -2.23. The van der Waals surface area contributed by atoms with Crippen LogP contribution in [0, 0.1) is 0 Å². The quantitative estimate of drug-likeness (QED) is 0.739. The molecule has 2 aromatic heterocycles. The molecule has 0 saturated heterocycles. The van der Waals surface area contributed by atoms with Gasteiger partial charge in [0.2, 0.25) is 0 Å². The Bertz CT molecular complexity index is 736. The molecule has 20 heavy (non-hydrogen) atoms. The number of hydrogen-bond acceptors (Lipinski definition) is 2. The fourth-order valence-electron chi connectivity index (χ4n) is 2.69. The molecule has 0 atom stereocenters. The lowest BCUT2D eigenvalue weighted by Crippen LogP contribution is -2.07. The van der Waals surface area contributed by atoms with Crippen LogP contribution in [0.4, 0.5) is 5.69 Å². The van der Waals surface area contributed by atoms with Gasteiger partial charge in [0.15, 0.2) is 0 Å². The molecule has 3 aromatic rings. The summed E-state index contributed by atoms with van der Waals surface area (Å²) in [6.45, 7) is 5.95. The molecule has 0 spiro atoms. The molecule has 0 amide bonds. The molecule has 0 radical (unpaired) electrons. The van der Waals surface area contributed by atoms with E-state index in [-0.39, 0.29) is 0 Å². The minimum atomic E-state index is 0.804. The molecule has 0 aliphatic rings. The highest BCUT2D eigenvalue weighted by Crippen LogP contribution is 2.23. The lowest BCUT2D eigenvalue weighted by Gasteiger charge is -2.09. The van der Waals surface area contributed by atoms with E-state index >= 15 is 0 Å². The third-order valence-electron chi connectivity index (χ3n) is 3.73. The molecule has 0 aliphatic heterocycles. The van der Waals surface area contributed by atoms with Crippen LogP contribution in [0.3, 0.4) is 0 Å². The van der Waals surface area contributed by atoms with Crippen molar-refractivity contribution < 1.29 is 0 Å². The minimum Gasteiger partial charge on any atom is -0.397 e. The van der Waals surface area contributed by atoms with Gasteiger partial charge in [-0.1, -0.05) is 19.1 Å². The molecule has 3 rings (SSSR count). The second kappa shape index (κ2) is 5.04. The fourth-order valence-corrected chi connectivity index (χ4v) is 2.69. The van der Waals surface area contributed by atoms with Crippen LogP contribution in [0.25, 0.3) is 10.9 Å². The summed E-state index contributed by atoms with van der Waals surface area (Å²) >= 11 is 0. The summed E-state index contributed by atoms with van der Waals surface area (Å²) in [7, 11) is 0. The zero-order chi connectivity index (χ0) is 14.1. The van der Waals surface area contributed by atoms with Crippen LogP contribution in [0.15, 0.2) is 36.5 Å². The van der Waals surface area contributed by atoms with Crippen LogP contribution >= 0.6 is 0 Å². The van der Waals surface area contributed by atoms with Gasteiger partial charge in [0, 0.05) is 18.1 Å². The average Bonchev–Trinajstić information content (AvgIpc) is 3.04. The predicted octanol–water partition coefficient (Wildman–Crippen LogP) is 3.05. The van der Waals surface area contributed by atoms with E-state index in [1.54, 1.807) is 0 Å². The highest BCUT2D eigenvalue weighted by Gasteiger charge is 2.09. The lowest BCUT2D eigenvalue weighted by molar-refractivity contribution is 0.599. The minimum absolute atomic E-state index is 0.804. The van der Waals surface area contributed by atoms with E-state index in [2.05, 4.69) is 52.6 Å². The van der Waals surface area contributed by atoms with Crippen LogP contribution in [0.2, 0.25) is 0 Å². The van der Waals surface area contributed by atoms with Crippen molar-refractivity contribution in [1.82, 2.24) is 14.3 Å². The smallest absolute Gasteiger partial charge is 0.0717 e. The number of para-hydroxylation sites is 1. The molecule has 4 nitrogen and oxygen atoms in total. The standard InChI is InChI=1S/C16H20N4/c1-3-13-10-14(20(4-2)18-13)11-19-9-8-12-6-5-7-15(17)16(12)19/h5-10H,3-4,11,17H2,1-2H3. The van der Waals surface area contributed by atoms with Crippen LogP contribution in [0.1, 0.15) is 25.2 Å². The maximum Gasteiger partial charge on any atom is 0.0717 e. The molecule has 0 fully saturated rings. The van der Waals surface area contributed by atoms with E-state index in [1.807, 2.05) is 12.1 Å². The number of rotatable bonds is 4. The van der Waals surface area contributed by atoms with Crippen molar-refractivity contribution in [2.45, 2.75) is 33.4 Å². The van der Waals surface area contributed by atoms with Gasteiger partial charge in [-0.25, -0.2) is 0 Å². The molecule has 0 bridgehead atoms. The molecular formula is C16H20N4. The van der Waals surface area contributed by atoms with Crippen LogP contribution in [0.5, 0.6) is 0 Å². The summed E-state index contributed by atoms with van der Waals surface area (Å²) in [5.74, 6) is 0. The van der Waals surface area contributed by atoms with Crippen LogP contribution < -0.4 is 5.73 Å². The molecule has 2 heterocycles. The van der Waals surface area contributed by atoms with Gasteiger partial charge in [-0.3, -0.25) is 4.68 Å². The van der Waals surface area contributed by atoms with Crippen molar-refractivity contribution in [1.29, 1.82) is 0 Å². The number of hydrogen-bond donors (Lipinski definition) is 1. The van der Waals surface area contributed by atoms with Crippen molar-refractivity contribution in [2.24, 2.45) is 0 Å². The summed E-state index contributed by atoms with van der Waals surface area (Å²) in [5, 5.41) is 5.79. The molecule has 0 unspecified atom stereocenters. The Morgan fingerprint density at radius 2 is 2.05 bits per heavy atom. The molecule has 2 N–H and O–H groups in total. The molecular weight excluding hydrogens is 248 g/mol. The van der Waals surface area contributed by atoms with E-state index in [4.69, 9.17) is 5.73 Å². The summed E-state index contributed by atoms with van der Waals surface area (Å²) in [6, 6.07) is 10.3. The Labute approximate surface area is 118 Å². The molecule has 0 saturated carbocycles. The first-order chi connectivity index (χ1) is 9.72. The zero-order valence-corrected chi connectivity index (χ0v) is 12.0. The largest absolute Gasteiger partial charge is 0.397 e. The number of fused-ring (bicyclic) bond motifs is 1. The number of aryl methyl sites for hydroxylation is 2. The van der Waals surface area contributed by atoms with E-state index < -0.39 is 0 Å². The van der Waals surface area contributed by atoms with Crippen molar-refractivity contribution in [3.8, 4) is 0 Å². The second-order valence-electron chi connectivity index (χ2n) is 5.03. The number of nitrogens with zero attached hydrogens (tertiary/aromatic N) is 3. The van der Waals surface area contributed by atoms with Crippen molar-refractivity contribution in [3.63, 3.8) is 0 Å². The highest BCUT2D eigenvalue weighted by molar-refractivity contribution is 5.90. The normalized spacial score (nSPS) is 11.3. The highest BCUT2D eigenvalue weighted by atomic mass is 15.3. The molecule has 0 aliphatic carbocycles. The summed E-state index contributed by atoms with van der Waals surface area (Å²) in [6.07, 6.45) is 3.06. The number of anilines is 1. The zero-order valence-electron chi connectivity index (χ0n) is 12.0. The van der Waals surface area contributed by atoms with Crippen LogP contribution in [-0.4, -0.2) is 14.3 Å². The third-order valence-corrected chi connectivity index (χ3v) is 3.73. The van der Waals surface area contributed by atoms with E-state index in [0.29, 0.717) is 0 Å². The first kappa shape index (κ1) is 12.8. The number of nitrogen functional groups attached to an aromatic ring is 1. The second-order valence-corrected chi connectivity index (χ2v) is 5.03. The SMILES string of the molecule is CCc1cc(Cn2ccc3cccc(N)c32)n(CC)n1. The van der Waals surface area contributed by atoms with Gasteiger partial charge >= 0.3 is 0 Å². The third kappa shape index (κ3) is 2.07. The van der Waals surface area contributed by atoms with E-state index in [1.165, 1.54) is 11.1 Å². The molecule has 4 heteroatoms. The maximum absolute atomic E-state index is 6.11. The van der Waals surface area contributed by atoms with E-state index in [9.17, 15) is 0 Å². The first-order valence-electron chi connectivity index (χ1n) is 7.11. The van der Waals surface area contributed by atoms with Crippen molar-refractivity contribution >= 4 is 16.6 Å². The monoisotopic (exact) mass is 268 g/mol. The fraction of sp³-hybridized carbons (Fsp3) is 0.312.